The molecule has 0 amide bonds. The van der Waals surface area contributed by atoms with E-state index in [0.717, 1.165) is 75.4 Å². The SMILES string of the molecule is CCNC(=NCCCN1CCOCC1)N(C)Cc1ccccc1Cl. The molecule has 1 aromatic carbocycles. The third-order valence-corrected chi connectivity index (χ3v) is 4.43. The molecule has 5 nitrogen and oxygen atoms in total. The average Bonchev–Trinajstić information content (AvgIpc) is 2.60. The van der Waals surface area contributed by atoms with Crippen LogP contribution in [0.5, 0.6) is 0 Å². The number of morpholine rings is 1. The fraction of sp³-hybridized carbons (Fsp3) is 0.611. The van der Waals surface area contributed by atoms with Gasteiger partial charge in [0.25, 0.3) is 0 Å². The van der Waals surface area contributed by atoms with E-state index < -0.39 is 0 Å². The normalized spacial score (nSPS) is 16.2. The average molecular weight is 353 g/mol. The molecule has 1 fully saturated rings. The maximum absolute atomic E-state index is 6.26. The first-order valence-electron chi connectivity index (χ1n) is 8.73. The summed E-state index contributed by atoms with van der Waals surface area (Å²) in [6.45, 7) is 9.38. The van der Waals surface area contributed by atoms with Crippen LogP contribution < -0.4 is 5.32 Å². The highest BCUT2D eigenvalue weighted by atomic mass is 35.5. The van der Waals surface area contributed by atoms with Crippen molar-refractivity contribution in [2.45, 2.75) is 19.9 Å². The van der Waals surface area contributed by atoms with Gasteiger partial charge in [0, 0.05) is 51.3 Å². The van der Waals surface area contributed by atoms with Gasteiger partial charge < -0.3 is 15.0 Å². The maximum Gasteiger partial charge on any atom is 0.193 e. The highest BCUT2D eigenvalue weighted by molar-refractivity contribution is 6.31. The zero-order valence-corrected chi connectivity index (χ0v) is 15.6. The van der Waals surface area contributed by atoms with Crippen LogP contribution in [0.15, 0.2) is 29.3 Å². The highest BCUT2D eigenvalue weighted by Gasteiger charge is 2.10. The van der Waals surface area contributed by atoms with E-state index in [1.54, 1.807) is 0 Å². The Labute approximate surface area is 150 Å². The minimum Gasteiger partial charge on any atom is -0.379 e. The first-order chi connectivity index (χ1) is 11.7. The summed E-state index contributed by atoms with van der Waals surface area (Å²) in [6.07, 6.45) is 1.06. The van der Waals surface area contributed by atoms with Gasteiger partial charge in [-0.05, 0) is 25.0 Å². The number of halogens is 1. The molecule has 0 aromatic heterocycles. The third kappa shape index (κ3) is 6.30. The standard InChI is InChI=1S/C18H29ClN4O/c1-3-20-18(21-9-6-10-23-11-13-24-14-12-23)22(2)15-16-7-4-5-8-17(16)19/h4-5,7-8H,3,6,9-15H2,1-2H3,(H,20,21). The summed E-state index contributed by atoms with van der Waals surface area (Å²) >= 11 is 6.26. The molecule has 24 heavy (non-hydrogen) atoms. The number of nitrogens with one attached hydrogen (secondary N) is 1. The Hall–Kier alpha value is -1.30. The van der Waals surface area contributed by atoms with Crippen LogP contribution >= 0.6 is 11.6 Å². The molecule has 1 aromatic rings. The van der Waals surface area contributed by atoms with Gasteiger partial charge in [0.2, 0.25) is 0 Å². The zero-order chi connectivity index (χ0) is 17.2. The van der Waals surface area contributed by atoms with E-state index in [9.17, 15) is 0 Å². The molecule has 0 unspecified atom stereocenters. The van der Waals surface area contributed by atoms with Gasteiger partial charge in [-0.15, -0.1) is 0 Å². The number of hydrogen-bond donors (Lipinski definition) is 1. The molecular weight excluding hydrogens is 324 g/mol. The van der Waals surface area contributed by atoms with Gasteiger partial charge in [-0.2, -0.15) is 0 Å². The van der Waals surface area contributed by atoms with E-state index >= 15 is 0 Å². The lowest BCUT2D eigenvalue weighted by molar-refractivity contribution is 0.0377. The number of benzene rings is 1. The van der Waals surface area contributed by atoms with Gasteiger partial charge in [0.05, 0.1) is 13.2 Å². The molecule has 0 bridgehead atoms. The van der Waals surface area contributed by atoms with Crippen molar-refractivity contribution in [3.05, 3.63) is 34.9 Å². The van der Waals surface area contributed by atoms with Crippen LogP contribution in [0.2, 0.25) is 5.02 Å². The summed E-state index contributed by atoms with van der Waals surface area (Å²) in [5.41, 5.74) is 1.11. The molecular formula is C18H29ClN4O. The van der Waals surface area contributed by atoms with E-state index in [2.05, 4.69) is 28.1 Å². The van der Waals surface area contributed by atoms with Crippen molar-refractivity contribution in [1.29, 1.82) is 0 Å². The number of hydrogen-bond acceptors (Lipinski definition) is 3. The fourth-order valence-corrected chi connectivity index (χ4v) is 2.93. The van der Waals surface area contributed by atoms with Crippen LogP contribution in [0.4, 0.5) is 0 Å². The van der Waals surface area contributed by atoms with Crippen molar-refractivity contribution in [2.24, 2.45) is 4.99 Å². The largest absolute Gasteiger partial charge is 0.379 e. The van der Waals surface area contributed by atoms with Crippen LogP contribution in [0.25, 0.3) is 0 Å². The Balaban J connectivity index is 1.83. The quantitative estimate of drug-likeness (QED) is 0.465. The summed E-state index contributed by atoms with van der Waals surface area (Å²) < 4.78 is 5.38. The highest BCUT2D eigenvalue weighted by Crippen LogP contribution is 2.16. The number of nitrogens with zero attached hydrogens (tertiary/aromatic N) is 3. The van der Waals surface area contributed by atoms with E-state index in [1.165, 1.54) is 0 Å². The van der Waals surface area contributed by atoms with Crippen LogP contribution in [0.1, 0.15) is 18.9 Å². The van der Waals surface area contributed by atoms with Crippen LogP contribution in [-0.2, 0) is 11.3 Å². The van der Waals surface area contributed by atoms with Gasteiger partial charge in [0.1, 0.15) is 0 Å². The van der Waals surface area contributed by atoms with Crippen molar-refractivity contribution in [3.63, 3.8) is 0 Å². The summed E-state index contributed by atoms with van der Waals surface area (Å²) in [5, 5.41) is 4.16. The predicted octanol–water partition coefficient (Wildman–Crippen LogP) is 2.46. The lowest BCUT2D eigenvalue weighted by Crippen LogP contribution is -2.39. The van der Waals surface area contributed by atoms with Crippen LogP contribution in [0.3, 0.4) is 0 Å². The topological polar surface area (TPSA) is 40.1 Å². The molecule has 1 saturated heterocycles. The summed E-state index contributed by atoms with van der Waals surface area (Å²) in [6, 6.07) is 7.95. The minimum absolute atomic E-state index is 0.745. The van der Waals surface area contributed by atoms with Crippen LogP contribution in [0, 0.1) is 0 Å². The molecule has 0 aliphatic carbocycles. The second-order valence-corrected chi connectivity index (χ2v) is 6.40. The number of rotatable bonds is 7. The summed E-state index contributed by atoms with van der Waals surface area (Å²) in [7, 11) is 2.05. The molecule has 1 N–H and O–H groups in total. The first kappa shape index (κ1) is 19.0. The van der Waals surface area contributed by atoms with E-state index in [0.29, 0.717) is 0 Å². The Morgan fingerprint density at radius 3 is 2.79 bits per heavy atom. The molecule has 1 aliphatic heterocycles. The van der Waals surface area contributed by atoms with Gasteiger partial charge >= 0.3 is 0 Å². The lowest BCUT2D eigenvalue weighted by Gasteiger charge is -2.26. The third-order valence-electron chi connectivity index (χ3n) is 4.06. The van der Waals surface area contributed by atoms with E-state index in [4.69, 9.17) is 21.3 Å². The Kier molecular flexibility index (Phi) is 8.36. The van der Waals surface area contributed by atoms with E-state index in [-0.39, 0.29) is 0 Å². The summed E-state index contributed by atoms with van der Waals surface area (Å²) in [5.74, 6) is 0.930. The zero-order valence-electron chi connectivity index (χ0n) is 14.8. The minimum atomic E-state index is 0.745. The Morgan fingerprint density at radius 2 is 2.08 bits per heavy atom. The molecule has 0 saturated carbocycles. The molecule has 0 radical (unpaired) electrons. The first-order valence-corrected chi connectivity index (χ1v) is 9.11. The molecule has 6 heteroatoms. The monoisotopic (exact) mass is 352 g/mol. The maximum atomic E-state index is 6.26. The van der Waals surface area contributed by atoms with Crippen molar-refractivity contribution in [1.82, 2.24) is 15.1 Å². The van der Waals surface area contributed by atoms with Crippen molar-refractivity contribution in [3.8, 4) is 0 Å². The number of aliphatic imine (C=N–C) groups is 1. The molecule has 0 atom stereocenters. The second-order valence-electron chi connectivity index (χ2n) is 5.99. The second kappa shape index (κ2) is 10.5. The smallest absolute Gasteiger partial charge is 0.193 e. The molecule has 1 aliphatic rings. The summed E-state index contributed by atoms with van der Waals surface area (Å²) in [4.78, 5) is 9.32. The van der Waals surface area contributed by atoms with Crippen molar-refractivity contribution < 1.29 is 4.74 Å². The lowest BCUT2D eigenvalue weighted by atomic mass is 10.2. The van der Waals surface area contributed by atoms with Gasteiger partial charge in [-0.25, -0.2) is 0 Å². The van der Waals surface area contributed by atoms with Gasteiger partial charge in [-0.1, -0.05) is 29.8 Å². The Bertz CT molecular complexity index is 517. The van der Waals surface area contributed by atoms with Gasteiger partial charge in [-0.3, -0.25) is 9.89 Å². The number of guanidine groups is 1. The van der Waals surface area contributed by atoms with Crippen LogP contribution in [-0.4, -0.2) is 68.7 Å². The predicted molar refractivity (Wildman–Crippen MR) is 101 cm³/mol. The van der Waals surface area contributed by atoms with Crippen molar-refractivity contribution in [2.75, 3.05) is 53.0 Å². The fourth-order valence-electron chi connectivity index (χ4n) is 2.73. The molecule has 134 valence electrons. The Morgan fingerprint density at radius 1 is 1.33 bits per heavy atom. The molecule has 1 heterocycles. The molecule has 0 spiro atoms. The number of ether oxygens (including phenoxy) is 1. The molecule has 2 rings (SSSR count). The van der Waals surface area contributed by atoms with Gasteiger partial charge in [0.15, 0.2) is 5.96 Å². The van der Waals surface area contributed by atoms with Crippen molar-refractivity contribution >= 4 is 17.6 Å². The van der Waals surface area contributed by atoms with E-state index in [1.807, 2.05) is 25.2 Å².